The molecule has 3 nitrogen and oxygen atoms in total. The molecule has 2 N–H and O–H groups in total. The Kier molecular flexibility index (Phi) is 3.70. The van der Waals surface area contributed by atoms with E-state index in [2.05, 4.69) is 0 Å². The van der Waals surface area contributed by atoms with Crippen molar-refractivity contribution in [2.75, 3.05) is 0 Å². The van der Waals surface area contributed by atoms with Crippen molar-refractivity contribution in [1.29, 1.82) is 0 Å². The predicted molar refractivity (Wildman–Crippen MR) is 62.2 cm³/mol. The summed E-state index contributed by atoms with van der Waals surface area (Å²) in [5.41, 5.74) is 0.382. The Balaban J connectivity index is 3.17. The van der Waals surface area contributed by atoms with Gasteiger partial charge in [0.15, 0.2) is 0 Å². The standard InChI is InChI=1S/C13H18O3/c1-9(2)13(3,16)11-7-5-4-6-10(11)8-12(14)15/h4-7,9,16H,8H2,1-3H3,(H,14,15). The maximum Gasteiger partial charge on any atom is 0.307 e. The minimum atomic E-state index is -0.994. The number of rotatable bonds is 4. The molecule has 0 aromatic heterocycles. The van der Waals surface area contributed by atoms with E-state index < -0.39 is 11.6 Å². The Hall–Kier alpha value is -1.35. The summed E-state index contributed by atoms with van der Waals surface area (Å²) in [6.45, 7) is 5.55. The van der Waals surface area contributed by atoms with Crippen molar-refractivity contribution in [2.24, 2.45) is 5.92 Å². The Morgan fingerprint density at radius 3 is 2.44 bits per heavy atom. The number of carboxylic acid groups (broad SMARTS) is 1. The van der Waals surface area contributed by atoms with Gasteiger partial charge in [-0.1, -0.05) is 38.1 Å². The van der Waals surface area contributed by atoms with Gasteiger partial charge in [-0.15, -0.1) is 0 Å². The number of carboxylic acids is 1. The first-order valence-corrected chi connectivity index (χ1v) is 5.38. The fourth-order valence-corrected chi connectivity index (χ4v) is 1.64. The van der Waals surface area contributed by atoms with Gasteiger partial charge in [-0.3, -0.25) is 4.79 Å². The Morgan fingerprint density at radius 1 is 1.38 bits per heavy atom. The van der Waals surface area contributed by atoms with E-state index in [1.54, 1.807) is 25.1 Å². The molecule has 1 aromatic carbocycles. The summed E-state index contributed by atoms with van der Waals surface area (Å²) in [5.74, 6) is -0.852. The lowest BCUT2D eigenvalue weighted by atomic mass is 9.82. The predicted octanol–water partition coefficient (Wildman–Crippen LogP) is 2.18. The molecule has 88 valence electrons. The summed E-state index contributed by atoms with van der Waals surface area (Å²) in [6.07, 6.45) is -0.0565. The highest BCUT2D eigenvalue weighted by atomic mass is 16.4. The van der Waals surface area contributed by atoms with Crippen LogP contribution in [0.25, 0.3) is 0 Å². The van der Waals surface area contributed by atoms with Crippen molar-refractivity contribution in [3.8, 4) is 0 Å². The van der Waals surface area contributed by atoms with Crippen molar-refractivity contribution in [3.63, 3.8) is 0 Å². The van der Waals surface area contributed by atoms with E-state index in [1.807, 2.05) is 19.9 Å². The highest BCUT2D eigenvalue weighted by Gasteiger charge is 2.29. The van der Waals surface area contributed by atoms with Gasteiger partial charge in [-0.05, 0) is 24.0 Å². The SMILES string of the molecule is CC(C)C(C)(O)c1ccccc1CC(=O)O. The molecular weight excluding hydrogens is 204 g/mol. The second-order valence-corrected chi connectivity index (χ2v) is 4.53. The molecule has 1 rings (SSSR count). The highest BCUT2D eigenvalue weighted by Crippen LogP contribution is 2.31. The van der Waals surface area contributed by atoms with Crippen LogP contribution in [0.2, 0.25) is 0 Å². The normalized spacial score (nSPS) is 14.8. The van der Waals surface area contributed by atoms with Crippen molar-refractivity contribution < 1.29 is 15.0 Å². The molecule has 0 spiro atoms. The number of aliphatic carboxylic acids is 1. The van der Waals surface area contributed by atoms with Gasteiger partial charge in [0.25, 0.3) is 0 Å². The number of aliphatic hydroxyl groups is 1. The van der Waals surface area contributed by atoms with Crippen LogP contribution in [-0.2, 0) is 16.8 Å². The van der Waals surface area contributed by atoms with Crippen LogP contribution in [0.15, 0.2) is 24.3 Å². The third kappa shape index (κ3) is 2.61. The van der Waals surface area contributed by atoms with Crippen molar-refractivity contribution >= 4 is 5.97 Å². The van der Waals surface area contributed by atoms with E-state index in [0.717, 1.165) is 0 Å². The molecule has 0 fully saturated rings. The number of hydrogen-bond acceptors (Lipinski definition) is 2. The van der Waals surface area contributed by atoms with E-state index in [9.17, 15) is 9.90 Å². The first-order valence-electron chi connectivity index (χ1n) is 5.38. The number of benzene rings is 1. The summed E-state index contributed by atoms with van der Waals surface area (Å²) in [4.78, 5) is 10.7. The van der Waals surface area contributed by atoms with E-state index in [4.69, 9.17) is 5.11 Å². The Labute approximate surface area is 95.7 Å². The van der Waals surface area contributed by atoms with Crippen LogP contribution in [-0.4, -0.2) is 16.2 Å². The largest absolute Gasteiger partial charge is 0.481 e. The van der Waals surface area contributed by atoms with E-state index >= 15 is 0 Å². The molecule has 0 amide bonds. The molecule has 0 aliphatic rings. The highest BCUT2D eigenvalue weighted by molar-refractivity contribution is 5.70. The molecule has 0 aliphatic heterocycles. The smallest absolute Gasteiger partial charge is 0.307 e. The molecule has 0 bridgehead atoms. The van der Waals surface area contributed by atoms with Crippen LogP contribution < -0.4 is 0 Å². The molecule has 16 heavy (non-hydrogen) atoms. The Bertz CT molecular complexity index is 381. The minimum Gasteiger partial charge on any atom is -0.481 e. The van der Waals surface area contributed by atoms with Gasteiger partial charge < -0.3 is 10.2 Å². The summed E-state index contributed by atoms with van der Waals surface area (Å²) < 4.78 is 0. The summed E-state index contributed by atoms with van der Waals surface area (Å²) in [7, 11) is 0. The van der Waals surface area contributed by atoms with Crippen LogP contribution in [0.1, 0.15) is 31.9 Å². The topological polar surface area (TPSA) is 57.5 Å². The average Bonchev–Trinajstić information content (AvgIpc) is 2.17. The van der Waals surface area contributed by atoms with Gasteiger partial charge in [0.05, 0.1) is 12.0 Å². The molecule has 1 atom stereocenters. The summed E-state index contributed by atoms with van der Waals surface area (Å²) in [6, 6.07) is 7.15. The molecule has 0 aliphatic carbocycles. The summed E-state index contributed by atoms with van der Waals surface area (Å²) in [5, 5.41) is 19.2. The first kappa shape index (κ1) is 12.7. The quantitative estimate of drug-likeness (QED) is 0.821. The van der Waals surface area contributed by atoms with Gasteiger partial charge in [-0.25, -0.2) is 0 Å². The van der Waals surface area contributed by atoms with Gasteiger partial charge in [-0.2, -0.15) is 0 Å². The molecule has 1 unspecified atom stereocenters. The molecule has 1 aromatic rings. The lowest BCUT2D eigenvalue weighted by Gasteiger charge is -2.30. The zero-order chi connectivity index (χ0) is 12.3. The molecule has 3 heteroatoms. The van der Waals surface area contributed by atoms with Crippen molar-refractivity contribution in [3.05, 3.63) is 35.4 Å². The third-order valence-corrected chi connectivity index (χ3v) is 3.03. The lowest BCUT2D eigenvalue weighted by Crippen LogP contribution is -2.29. The Morgan fingerprint density at radius 2 is 1.94 bits per heavy atom. The molecule has 0 saturated heterocycles. The van der Waals surface area contributed by atoms with Crippen LogP contribution >= 0.6 is 0 Å². The van der Waals surface area contributed by atoms with Gasteiger partial charge >= 0.3 is 5.97 Å². The van der Waals surface area contributed by atoms with Crippen LogP contribution in [0.4, 0.5) is 0 Å². The maximum atomic E-state index is 10.7. The first-order chi connectivity index (χ1) is 7.35. The molecule has 0 radical (unpaired) electrons. The zero-order valence-corrected chi connectivity index (χ0v) is 9.90. The third-order valence-electron chi connectivity index (χ3n) is 3.03. The van der Waals surface area contributed by atoms with Crippen molar-refractivity contribution in [1.82, 2.24) is 0 Å². The molecule has 0 saturated carbocycles. The van der Waals surface area contributed by atoms with E-state index in [0.29, 0.717) is 11.1 Å². The van der Waals surface area contributed by atoms with Gasteiger partial charge in [0.1, 0.15) is 0 Å². The van der Waals surface area contributed by atoms with Crippen LogP contribution in [0.3, 0.4) is 0 Å². The average molecular weight is 222 g/mol. The fraction of sp³-hybridized carbons (Fsp3) is 0.462. The molecule has 0 heterocycles. The van der Waals surface area contributed by atoms with Crippen LogP contribution in [0.5, 0.6) is 0 Å². The molecular formula is C13H18O3. The van der Waals surface area contributed by atoms with E-state index in [-0.39, 0.29) is 12.3 Å². The fourth-order valence-electron chi connectivity index (χ4n) is 1.64. The lowest BCUT2D eigenvalue weighted by molar-refractivity contribution is -0.136. The van der Waals surface area contributed by atoms with E-state index in [1.165, 1.54) is 0 Å². The van der Waals surface area contributed by atoms with Crippen molar-refractivity contribution in [2.45, 2.75) is 32.8 Å². The second-order valence-electron chi connectivity index (χ2n) is 4.53. The van der Waals surface area contributed by atoms with Gasteiger partial charge in [0, 0.05) is 0 Å². The van der Waals surface area contributed by atoms with Crippen LogP contribution in [0, 0.1) is 5.92 Å². The van der Waals surface area contributed by atoms with Gasteiger partial charge in [0.2, 0.25) is 0 Å². The monoisotopic (exact) mass is 222 g/mol. The second kappa shape index (κ2) is 4.66. The number of carbonyl (C=O) groups is 1. The minimum absolute atomic E-state index is 0.0300. The zero-order valence-electron chi connectivity index (χ0n) is 9.90. The number of hydrogen-bond donors (Lipinski definition) is 2. The maximum absolute atomic E-state index is 10.7. The summed E-state index contributed by atoms with van der Waals surface area (Å²) >= 11 is 0.